The number of aryl methyl sites for hydroxylation is 1. The van der Waals surface area contributed by atoms with Gasteiger partial charge in [-0.05, 0) is 18.9 Å². The molecule has 0 aliphatic carbocycles. The number of nitrogens with zero attached hydrogens (tertiary/aromatic N) is 2. The Bertz CT molecular complexity index is 270. The lowest BCUT2D eigenvalue weighted by atomic mass is 10.1. The standard InChI is InChI=1S/C8H14N4/c1-5(2)7-4-6(3)10-8(11-7)12-9/h4-5H,9H2,1-3H3,(H,10,11,12). The summed E-state index contributed by atoms with van der Waals surface area (Å²) < 4.78 is 0. The number of nitrogens with one attached hydrogen (secondary N) is 1. The molecule has 1 rings (SSSR count). The summed E-state index contributed by atoms with van der Waals surface area (Å²) in [6.45, 7) is 6.10. The van der Waals surface area contributed by atoms with E-state index in [2.05, 4.69) is 29.2 Å². The van der Waals surface area contributed by atoms with Crippen LogP contribution in [0.3, 0.4) is 0 Å². The van der Waals surface area contributed by atoms with Crippen LogP contribution in [0.2, 0.25) is 0 Å². The highest BCUT2D eigenvalue weighted by Gasteiger charge is 2.03. The molecule has 1 aromatic rings. The summed E-state index contributed by atoms with van der Waals surface area (Å²) in [5, 5.41) is 0. The molecule has 0 atom stereocenters. The molecule has 12 heavy (non-hydrogen) atoms. The van der Waals surface area contributed by atoms with Gasteiger partial charge >= 0.3 is 0 Å². The van der Waals surface area contributed by atoms with Crippen LogP contribution in [-0.2, 0) is 0 Å². The molecule has 4 nitrogen and oxygen atoms in total. The Morgan fingerprint density at radius 3 is 2.58 bits per heavy atom. The van der Waals surface area contributed by atoms with Gasteiger partial charge in [-0.3, -0.25) is 5.43 Å². The Balaban J connectivity index is 3.06. The quantitative estimate of drug-likeness (QED) is 0.511. The average Bonchev–Trinajstić information content (AvgIpc) is 2.03. The van der Waals surface area contributed by atoms with E-state index in [1.165, 1.54) is 0 Å². The van der Waals surface area contributed by atoms with Gasteiger partial charge in [-0.25, -0.2) is 15.8 Å². The molecule has 0 unspecified atom stereocenters. The van der Waals surface area contributed by atoms with Gasteiger partial charge in [0.05, 0.1) is 0 Å². The second-order valence-electron chi connectivity index (χ2n) is 3.06. The van der Waals surface area contributed by atoms with Gasteiger partial charge < -0.3 is 0 Å². The predicted molar refractivity (Wildman–Crippen MR) is 48.7 cm³/mol. The van der Waals surface area contributed by atoms with Crippen LogP contribution in [0.1, 0.15) is 31.2 Å². The van der Waals surface area contributed by atoms with Gasteiger partial charge in [0.15, 0.2) is 0 Å². The zero-order valence-electron chi connectivity index (χ0n) is 7.63. The van der Waals surface area contributed by atoms with Gasteiger partial charge in [-0.2, -0.15) is 0 Å². The molecule has 0 saturated heterocycles. The first-order valence-electron chi connectivity index (χ1n) is 3.95. The van der Waals surface area contributed by atoms with Crippen molar-refractivity contribution < 1.29 is 0 Å². The van der Waals surface area contributed by atoms with Gasteiger partial charge in [0.25, 0.3) is 0 Å². The fourth-order valence-electron chi connectivity index (χ4n) is 0.953. The van der Waals surface area contributed by atoms with Crippen LogP contribution >= 0.6 is 0 Å². The van der Waals surface area contributed by atoms with Crippen LogP contribution in [0.4, 0.5) is 5.95 Å². The number of aromatic nitrogens is 2. The van der Waals surface area contributed by atoms with E-state index in [0.29, 0.717) is 11.9 Å². The Kier molecular flexibility index (Phi) is 2.60. The van der Waals surface area contributed by atoms with Crippen LogP contribution in [0.25, 0.3) is 0 Å². The SMILES string of the molecule is Cc1cc(C(C)C)nc(NN)n1. The maximum atomic E-state index is 5.21. The predicted octanol–water partition coefficient (Wildman–Crippen LogP) is 1.19. The van der Waals surface area contributed by atoms with Gasteiger partial charge in [0.1, 0.15) is 0 Å². The fourth-order valence-corrected chi connectivity index (χ4v) is 0.953. The first-order chi connectivity index (χ1) is 5.63. The van der Waals surface area contributed by atoms with Crippen molar-refractivity contribution in [3.63, 3.8) is 0 Å². The van der Waals surface area contributed by atoms with E-state index in [1.807, 2.05) is 13.0 Å². The molecule has 0 amide bonds. The van der Waals surface area contributed by atoms with Crippen molar-refractivity contribution in [2.75, 3.05) is 5.43 Å². The molecular weight excluding hydrogens is 152 g/mol. The van der Waals surface area contributed by atoms with E-state index < -0.39 is 0 Å². The number of nitrogens with two attached hydrogens (primary N) is 1. The number of anilines is 1. The summed E-state index contributed by atoms with van der Waals surface area (Å²) in [5.74, 6) is 6.10. The van der Waals surface area contributed by atoms with E-state index >= 15 is 0 Å². The summed E-state index contributed by atoms with van der Waals surface area (Å²) in [6, 6.07) is 1.96. The largest absolute Gasteiger partial charge is 0.292 e. The second-order valence-corrected chi connectivity index (χ2v) is 3.06. The fraction of sp³-hybridized carbons (Fsp3) is 0.500. The van der Waals surface area contributed by atoms with Crippen molar-refractivity contribution in [1.29, 1.82) is 0 Å². The highest BCUT2D eigenvalue weighted by atomic mass is 15.3. The minimum atomic E-state index is 0.402. The number of nitrogen functional groups attached to an aromatic ring is 1. The van der Waals surface area contributed by atoms with Crippen molar-refractivity contribution in [3.8, 4) is 0 Å². The molecule has 1 aromatic heterocycles. The molecule has 0 aromatic carbocycles. The highest BCUT2D eigenvalue weighted by molar-refractivity contribution is 5.27. The molecule has 0 fully saturated rings. The van der Waals surface area contributed by atoms with Gasteiger partial charge in [-0.15, -0.1) is 0 Å². The first-order valence-corrected chi connectivity index (χ1v) is 3.95. The summed E-state index contributed by atoms with van der Waals surface area (Å²) in [6.07, 6.45) is 0. The first kappa shape index (κ1) is 8.93. The summed E-state index contributed by atoms with van der Waals surface area (Å²) >= 11 is 0. The Morgan fingerprint density at radius 2 is 2.08 bits per heavy atom. The molecule has 0 radical (unpaired) electrons. The number of hydrogen-bond donors (Lipinski definition) is 2. The average molecular weight is 166 g/mol. The molecule has 0 aliphatic rings. The third kappa shape index (κ3) is 1.92. The van der Waals surface area contributed by atoms with Crippen LogP contribution in [-0.4, -0.2) is 9.97 Å². The molecular formula is C8H14N4. The molecule has 0 bridgehead atoms. The van der Waals surface area contributed by atoms with E-state index in [1.54, 1.807) is 0 Å². The normalized spacial score (nSPS) is 10.4. The lowest BCUT2D eigenvalue weighted by molar-refractivity contribution is 0.810. The monoisotopic (exact) mass is 166 g/mol. The van der Waals surface area contributed by atoms with Gasteiger partial charge in [0, 0.05) is 11.4 Å². The van der Waals surface area contributed by atoms with Crippen LogP contribution < -0.4 is 11.3 Å². The summed E-state index contributed by atoms with van der Waals surface area (Å²) in [4.78, 5) is 8.29. The zero-order chi connectivity index (χ0) is 9.14. The molecule has 3 N–H and O–H groups in total. The van der Waals surface area contributed by atoms with Crippen molar-refractivity contribution in [2.24, 2.45) is 5.84 Å². The van der Waals surface area contributed by atoms with Crippen LogP contribution in [0.5, 0.6) is 0 Å². The Hall–Kier alpha value is -1.16. The number of hydrazine groups is 1. The van der Waals surface area contributed by atoms with Crippen LogP contribution in [0, 0.1) is 6.92 Å². The van der Waals surface area contributed by atoms with Crippen molar-refractivity contribution in [1.82, 2.24) is 9.97 Å². The van der Waals surface area contributed by atoms with Crippen molar-refractivity contribution in [2.45, 2.75) is 26.7 Å². The lowest BCUT2D eigenvalue weighted by Crippen LogP contribution is -2.12. The van der Waals surface area contributed by atoms with Crippen molar-refractivity contribution >= 4 is 5.95 Å². The molecule has 1 heterocycles. The molecule has 0 aliphatic heterocycles. The molecule has 66 valence electrons. The number of rotatable bonds is 2. The number of hydrogen-bond acceptors (Lipinski definition) is 4. The van der Waals surface area contributed by atoms with Crippen LogP contribution in [0.15, 0.2) is 6.07 Å². The van der Waals surface area contributed by atoms with E-state index in [4.69, 9.17) is 5.84 Å². The maximum Gasteiger partial charge on any atom is 0.237 e. The summed E-state index contributed by atoms with van der Waals surface area (Å²) in [7, 11) is 0. The molecule has 0 saturated carbocycles. The Morgan fingerprint density at radius 1 is 1.42 bits per heavy atom. The Labute approximate surface area is 72.2 Å². The van der Waals surface area contributed by atoms with Gasteiger partial charge in [-0.1, -0.05) is 13.8 Å². The lowest BCUT2D eigenvalue weighted by Gasteiger charge is -2.06. The minimum absolute atomic E-state index is 0.402. The van der Waals surface area contributed by atoms with Crippen molar-refractivity contribution in [3.05, 3.63) is 17.5 Å². The maximum absolute atomic E-state index is 5.21. The smallest absolute Gasteiger partial charge is 0.237 e. The van der Waals surface area contributed by atoms with E-state index in [0.717, 1.165) is 11.4 Å². The topological polar surface area (TPSA) is 63.8 Å². The zero-order valence-corrected chi connectivity index (χ0v) is 7.63. The third-order valence-corrected chi connectivity index (χ3v) is 1.59. The van der Waals surface area contributed by atoms with E-state index in [-0.39, 0.29) is 0 Å². The second kappa shape index (κ2) is 3.49. The molecule has 4 heteroatoms. The molecule has 0 spiro atoms. The summed E-state index contributed by atoms with van der Waals surface area (Å²) in [5.41, 5.74) is 4.38. The van der Waals surface area contributed by atoms with Gasteiger partial charge in [0.2, 0.25) is 5.95 Å². The third-order valence-electron chi connectivity index (χ3n) is 1.59. The van der Waals surface area contributed by atoms with E-state index in [9.17, 15) is 0 Å². The highest BCUT2D eigenvalue weighted by Crippen LogP contribution is 2.13. The minimum Gasteiger partial charge on any atom is -0.292 e.